The summed E-state index contributed by atoms with van der Waals surface area (Å²) in [6.45, 7) is 0. The molecule has 5 heteroatoms. The molecule has 0 N–H and O–H groups in total. The highest BCUT2D eigenvalue weighted by Gasteiger charge is 2.12. The highest BCUT2D eigenvalue weighted by atomic mass is 35.5. The molecule has 0 saturated carbocycles. The van der Waals surface area contributed by atoms with Gasteiger partial charge in [-0.25, -0.2) is 0 Å². The van der Waals surface area contributed by atoms with Crippen LogP contribution >= 0.6 is 34.5 Å². The van der Waals surface area contributed by atoms with Crippen molar-refractivity contribution in [1.29, 1.82) is 0 Å². The SMILES string of the molecule is O=C([O-])c1sc2cccc(Cl)c2c1Cl. The van der Waals surface area contributed by atoms with E-state index in [1.807, 2.05) is 0 Å². The van der Waals surface area contributed by atoms with Crippen molar-refractivity contribution in [2.24, 2.45) is 0 Å². The van der Waals surface area contributed by atoms with Gasteiger partial charge >= 0.3 is 0 Å². The van der Waals surface area contributed by atoms with Crippen molar-refractivity contribution in [2.75, 3.05) is 0 Å². The lowest BCUT2D eigenvalue weighted by molar-refractivity contribution is -0.254. The van der Waals surface area contributed by atoms with Crippen molar-refractivity contribution in [3.63, 3.8) is 0 Å². The minimum Gasteiger partial charge on any atom is -0.544 e. The van der Waals surface area contributed by atoms with E-state index < -0.39 is 5.97 Å². The molecule has 72 valence electrons. The third-order valence-electron chi connectivity index (χ3n) is 1.79. The van der Waals surface area contributed by atoms with Crippen molar-refractivity contribution < 1.29 is 9.90 Å². The molecule has 2 aromatic rings. The number of hydrogen-bond donors (Lipinski definition) is 0. The summed E-state index contributed by atoms with van der Waals surface area (Å²) in [5.74, 6) is -1.27. The Labute approximate surface area is 93.7 Å². The van der Waals surface area contributed by atoms with Crippen molar-refractivity contribution >= 4 is 50.6 Å². The van der Waals surface area contributed by atoms with Gasteiger partial charge in [0.15, 0.2) is 0 Å². The molecule has 0 fully saturated rings. The van der Waals surface area contributed by atoms with E-state index in [1.54, 1.807) is 18.2 Å². The van der Waals surface area contributed by atoms with Gasteiger partial charge in [-0.3, -0.25) is 0 Å². The van der Waals surface area contributed by atoms with Crippen LogP contribution in [0.15, 0.2) is 18.2 Å². The van der Waals surface area contributed by atoms with Gasteiger partial charge in [0, 0.05) is 10.1 Å². The van der Waals surface area contributed by atoms with E-state index in [9.17, 15) is 9.90 Å². The van der Waals surface area contributed by atoms with Gasteiger partial charge in [0.2, 0.25) is 0 Å². The van der Waals surface area contributed by atoms with E-state index in [-0.39, 0.29) is 9.90 Å². The summed E-state index contributed by atoms with van der Waals surface area (Å²) in [6, 6.07) is 5.18. The van der Waals surface area contributed by atoms with Crippen LogP contribution in [0.4, 0.5) is 0 Å². The molecule has 0 aliphatic rings. The second-order valence-corrected chi connectivity index (χ2v) is 4.48. The lowest BCUT2D eigenvalue weighted by atomic mass is 10.2. The molecule has 0 radical (unpaired) electrons. The molecule has 2 rings (SSSR count). The molecule has 0 aliphatic carbocycles. The smallest absolute Gasteiger partial charge is 0.0830 e. The quantitative estimate of drug-likeness (QED) is 0.775. The monoisotopic (exact) mass is 245 g/mol. The van der Waals surface area contributed by atoms with Gasteiger partial charge in [0.05, 0.1) is 20.9 Å². The summed E-state index contributed by atoms with van der Waals surface area (Å²) in [6.07, 6.45) is 0. The van der Waals surface area contributed by atoms with Crippen molar-refractivity contribution in [1.82, 2.24) is 0 Å². The lowest BCUT2D eigenvalue weighted by Crippen LogP contribution is -2.21. The lowest BCUT2D eigenvalue weighted by Gasteiger charge is -1.97. The van der Waals surface area contributed by atoms with Crippen molar-refractivity contribution in [3.05, 3.63) is 33.1 Å². The number of carboxylic acid groups (broad SMARTS) is 1. The maximum absolute atomic E-state index is 10.7. The van der Waals surface area contributed by atoms with E-state index >= 15 is 0 Å². The van der Waals surface area contributed by atoms with Gasteiger partial charge in [0.1, 0.15) is 0 Å². The number of rotatable bonds is 1. The van der Waals surface area contributed by atoms with E-state index in [2.05, 4.69) is 0 Å². The largest absolute Gasteiger partial charge is 0.544 e. The molecule has 0 amide bonds. The Kier molecular flexibility index (Phi) is 2.39. The Hall–Kier alpha value is -0.770. The minimum absolute atomic E-state index is 0.0229. The van der Waals surface area contributed by atoms with Gasteiger partial charge in [-0.05, 0) is 12.1 Å². The van der Waals surface area contributed by atoms with Gasteiger partial charge < -0.3 is 9.90 Å². The molecule has 14 heavy (non-hydrogen) atoms. The Bertz CT molecular complexity index is 519. The standard InChI is InChI=1S/C9H4Cl2O2S/c10-4-2-1-3-5-6(4)7(11)8(14-5)9(12)13/h1-3H,(H,12,13)/p-1. The predicted molar refractivity (Wildman–Crippen MR) is 56.2 cm³/mol. The van der Waals surface area contributed by atoms with Crippen LogP contribution in [0.2, 0.25) is 10.0 Å². The Morgan fingerprint density at radius 2 is 2.07 bits per heavy atom. The van der Waals surface area contributed by atoms with Crippen molar-refractivity contribution in [2.45, 2.75) is 0 Å². The predicted octanol–water partition coefficient (Wildman–Crippen LogP) is 2.57. The van der Waals surface area contributed by atoms with E-state index in [0.29, 0.717) is 10.4 Å². The maximum Gasteiger partial charge on any atom is 0.0830 e. The second kappa shape index (κ2) is 3.42. The summed E-state index contributed by atoms with van der Waals surface area (Å²) < 4.78 is 0.752. The molecule has 0 atom stereocenters. The summed E-state index contributed by atoms with van der Waals surface area (Å²) >= 11 is 12.8. The molecule has 1 aromatic heterocycles. The number of halogens is 2. The average Bonchev–Trinajstić information content (AvgIpc) is 2.45. The molecule has 1 heterocycles. The fourth-order valence-corrected chi connectivity index (χ4v) is 2.98. The first kappa shape index (κ1) is 9.77. The molecule has 2 nitrogen and oxygen atoms in total. The van der Waals surface area contributed by atoms with Gasteiger partial charge in [-0.1, -0.05) is 29.3 Å². The summed E-state index contributed by atoms with van der Waals surface area (Å²) in [5.41, 5.74) is 0. The molecule has 1 aromatic carbocycles. The number of benzene rings is 1. The van der Waals surface area contributed by atoms with Crippen LogP contribution < -0.4 is 5.11 Å². The zero-order chi connectivity index (χ0) is 10.3. The van der Waals surface area contributed by atoms with E-state index in [0.717, 1.165) is 16.0 Å². The van der Waals surface area contributed by atoms with Crippen molar-refractivity contribution in [3.8, 4) is 0 Å². The first-order valence-electron chi connectivity index (χ1n) is 3.69. The Morgan fingerprint density at radius 1 is 1.36 bits per heavy atom. The second-order valence-electron chi connectivity index (χ2n) is 2.65. The van der Waals surface area contributed by atoms with Crippen LogP contribution in [0, 0.1) is 0 Å². The van der Waals surface area contributed by atoms with E-state index in [4.69, 9.17) is 23.2 Å². The molecule has 0 unspecified atom stereocenters. The number of hydrogen-bond acceptors (Lipinski definition) is 3. The van der Waals surface area contributed by atoms with Crippen LogP contribution in [0.1, 0.15) is 9.67 Å². The maximum atomic E-state index is 10.7. The number of carbonyl (C=O) groups is 1. The van der Waals surface area contributed by atoms with Crippen LogP contribution in [0.25, 0.3) is 10.1 Å². The van der Waals surface area contributed by atoms with E-state index in [1.165, 1.54) is 0 Å². The molecular weight excluding hydrogens is 243 g/mol. The summed E-state index contributed by atoms with van der Waals surface area (Å²) in [7, 11) is 0. The number of carboxylic acids is 1. The first-order chi connectivity index (χ1) is 6.61. The number of fused-ring (bicyclic) bond motifs is 1. The first-order valence-corrected chi connectivity index (χ1v) is 5.26. The highest BCUT2D eigenvalue weighted by molar-refractivity contribution is 7.21. The molecule has 0 aliphatic heterocycles. The number of aromatic carboxylic acids is 1. The molecular formula is C9H3Cl2O2S-. The third-order valence-corrected chi connectivity index (χ3v) is 3.73. The third kappa shape index (κ3) is 1.38. The number of thiophene rings is 1. The summed E-state index contributed by atoms with van der Waals surface area (Å²) in [5, 5.41) is 11.9. The fraction of sp³-hybridized carbons (Fsp3) is 0. The number of carbonyl (C=O) groups excluding carboxylic acids is 1. The van der Waals surface area contributed by atoms with Gasteiger partial charge in [0.25, 0.3) is 0 Å². The van der Waals surface area contributed by atoms with Crippen LogP contribution in [0.3, 0.4) is 0 Å². The van der Waals surface area contributed by atoms with Crippen LogP contribution in [-0.4, -0.2) is 5.97 Å². The Morgan fingerprint density at radius 3 is 2.64 bits per heavy atom. The normalized spacial score (nSPS) is 10.7. The zero-order valence-electron chi connectivity index (χ0n) is 6.71. The zero-order valence-corrected chi connectivity index (χ0v) is 9.04. The van der Waals surface area contributed by atoms with Gasteiger partial charge in [-0.2, -0.15) is 0 Å². The molecule has 0 spiro atoms. The van der Waals surface area contributed by atoms with Crippen LogP contribution in [-0.2, 0) is 0 Å². The Balaban J connectivity index is 2.87. The topological polar surface area (TPSA) is 40.1 Å². The fourth-order valence-electron chi connectivity index (χ4n) is 1.20. The highest BCUT2D eigenvalue weighted by Crippen LogP contribution is 2.38. The van der Waals surface area contributed by atoms with Gasteiger partial charge in [-0.15, -0.1) is 11.3 Å². The van der Waals surface area contributed by atoms with Crippen LogP contribution in [0.5, 0.6) is 0 Å². The minimum atomic E-state index is -1.27. The average molecular weight is 246 g/mol. The summed E-state index contributed by atoms with van der Waals surface area (Å²) in [4.78, 5) is 10.7. The molecule has 0 bridgehead atoms. The molecule has 0 saturated heterocycles.